The van der Waals surface area contributed by atoms with E-state index in [1.54, 1.807) is 23.5 Å². The second-order valence-corrected chi connectivity index (χ2v) is 13.2. The van der Waals surface area contributed by atoms with Crippen LogP contribution in [0.1, 0.15) is 5.56 Å². The number of imidazole rings is 2. The summed E-state index contributed by atoms with van der Waals surface area (Å²) in [4.78, 5) is 16.7. The number of hydrogen-bond acceptors (Lipinski definition) is 6. The van der Waals surface area contributed by atoms with Crippen LogP contribution in [0.3, 0.4) is 0 Å². The Morgan fingerprint density at radius 2 is 0.878 bits per heavy atom. The molecule has 0 saturated carbocycles. The lowest BCUT2D eigenvalue weighted by atomic mass is 10.1. The highest BCUT2D eigenvalue weighted by molar-refractivity contribution is 7.99. The van der Waals surface area contributed by atoms with E-state index in [4.69, 9.17) is 19.4 Å². The van der Waals surface area contributed by atoms with Crippen molar-refractivity contribution in [1.82, 2.24) is 19.9 Å². The molecule has 1 aliphatic rings. The van der Waals surface area contributed by atoms with Crippen molar-refractivity contribution in [3.05, 3.63) is 157 Å². The van der Waals surface area contributed by atoms with Crippen LogP contribution in [0.15, 0.2) is 162 Å². The van der Waals surface area contributed by atoms with E-state index in [0.29, 0.717) is 13.2 Å². The fourth-order valence-corrected chi connectivity index (χ4v) is 7.10. The van der Waals surface area contributed by atoms with Crippen LogP contribution >= 0.6 is 23.5 Å². The van der Waals surface area contributed by atoms with Crippen LogP contribution in [0.25, 0.3) is 45.0 Å². The molecule has 0 unspecified atom stereocenters. The van der Waals surface area contributed by atoms with Gasteiger partial charge in [0.2, 0.25) is 0 Å². The van der Waals surface area contributed by atoms with Crippen molar-refractivity contribution in [2.45, 2.75) is 22.4 Å². The molecule has 0 amide bonds. The summed E-state index contributed by atoms with van der Waals surface area (Å²) in [5.74, 6) is 1.63. The predicted octanol–water partition coefficient (Wildman–Crippen LogP) is 10.2. The molecule has 2 aromatic heterocycles. The number of benzene rings is 5. The molecule has 0 atom stereocenters. The van der Waals surface area contributed by atoms with Crippen LogP contribution in [-0.4, -0.2) is 45.2 Å². The lowest BCUT2D eigenvalue weighted by molar-refractivity contribution is -0.0215. The molecule has 2 N–H and O–H groups in total. The Balaban J connectivity index is 0.000000154. The highest BCUT2D eigenvalue weighted by atomic mass is 32.2. The normalized spacial score (nSPS) is 12.8. The van der Waals surface area contributed by atoms with E-state index in [-0.39, 0.29) is 6.29 Å². The predicted molar refractivity (Wildman–Crippen MR) is 201 cm³/mol. The summed E-state index contributed by atoms with van der Waals surface area (Å²) >= 11 is 3.36. The summed E-state index contributed by atoms with van der Waals surface area (Å²) in [5.41, 5.74) is 9.90. The van der Waals surface area contributed by atoms with Gasteiger partial charge in [-0.2, -0.15) is 0 Å². The van der Waals surface area contributed by atoms with Crippen molar-refractivity contribution in [1.29, 1.82) is 0 Å². The molecule has 1 fully saturated rings. The van der Waals surface area contributed by atoms with Gasteiger partial charge in [0.1, 0.15) is 0 Å². The summed E-state index contributed by atoms with van der Waals surface area (Å²) < 4.78 is 11.0. The van der Waals surface area contributed by atoms with Crippen molar-refractivity contribution in [3.8, 4) is 45.0 Å². The number of thioether (sulfide) groups is 2. The molecule has 0 bridgehead atoms. The Bertz CT molecular complexity index is 1900. The zero-order valence-electron chi connectivity index (χ0n) is 26.9. The Morgan fingerprint density at radius 1 is 0.490 bits per heavy atom. The number of nitrogens with one attached hydrogen (secondary N) is 2. The Kier molecular flexibility index (Phi) is 11.0. The smallest absolute Gasteiger partial charge is 0.167 e. The molecule has 8 heteroatoms. The third kappa shape index (κ3) is 8.60. The zero-order valence-corrected chi connectivity index (χ0v) is 28.5. The molecule has 1 saturated heterocycles. The van der Waals surface area contributed by atoms with E-state index >= 15 is 0 Å². The summed E-state index contributed by atoms with van der Waals surface area (Å²) in [5, 5.41) is 1.83. The average molecular weight is 681 g/mol. The van der Waals surface area contributed by atoms with Crippen molar-refractivity contribution in [3.63, 3.8) is 0 Å². The summed E-state index contributed by atoms with van der Waals surface area (Å²) in [7, 11) is 0. The van der Waals surface area contributed by atoms with Gasteiger partial charge in [-0.3, -0.25) is 0 Å². The molecule has 8 rings (SSSR count). The van der Waals surface area contributed by atoms with Gasteiger partial charge >= 0.3 is 0 Å². The summed E-state index contributed by atoms with van der Waals surface area (Å²) in [6.07, 6.45) is -0.138. The van der Waals surface area contributed by atoms with Gasteiger partial charge in [0.05, 0.1) is 41.7 Å². The lowest BCUT2D eigenvalue weighted by Crippen LogP contribution is -2.10. The zero-order chi connectivity index (χ0) is 33.1. The minimum Gasteiger partial charge on any atom is -0.349 e. The Labute approximate surface area is 295 Å². The van der Waals surface area contributed by atoms with E-state index in [9.17, 15) is 0 Å². The third-order valence-electron chi connectivity index (χ3n) is 7.85. The number of rotatable bonds is 10. The van der Waals surface area contributed by atoms with Gasteiger partial charge in [-0.1, -0.05) is 175 Å². The van der Waals surface area contributed by atoms with Crippen LogP contribution in [0.5, 0.6) is 0 Å². The van der Waals surface area contributed by atoms with Gasteiger partial charge in [0.15, 0.2) is 16.6 Å². The minimum absolute atomic E-state index is 0.138. The minimum atomic E-state index is -0.138. The molecule has 3 heterocycles. The molecule has 244 valence electrons. The topological polar surface area (TPSA) is 75.8 Å². The first-order valence-electron chi connectivity index (χ1n) is 16.2. The number of H-pyrrole nitrogens is 2. The molecule has 7 aromatic rings. The monoisotopic (exact) mass is 680 g/mol. The van der Waals surface area contributed by atoms with E-state index in [0.717, 1.165) is 66.8 Å². The maximum absolute atomic E-state index is 5.50. The molecule has 0 radical (unpaired) electrons. The van der Waals surface area contributed by atoms with Crippen molar-refractivity contribution in [2.75, 3.05) is 19.0 Å². The fraction of sp³-hybridized carbons (Fsp3) is 0.122. The van der Waals surface area contributed by atoms with Crippen LogP contribution in [-0.2, 0) is 15.2 Å². The van der Waals surface area contributed by atoms with E-state index < -0.39 is 0 Å². The average Bonchev–Trinajstić information content (AvgIpc) is 3.96. The largest absolute Gasteiger partial charge is 0.349 e. The molecule has 1 aliphatic heterocycles. The molecule has 49 heavy (non-hydrogen) atoms. The Hall–Kier alpha value is -4.86. The molecule has 5 aromatic carbocycles. The van der Waals surface area contributed by atoms with Crippen LogP contribution < -0.4 is 0 Å². The Morgan fingerprint density at radius 3 is 1.33 bits per heavy atom. The molecule has 6 nitrogen and oxygen atoms in total. The summed E-state index contributed by atoms with van der Waals surface area (Å²) in [6.45, 7) is 1.35. The van der Waals surface area contributed by atoms with Gasteiger partial charge in [0, 0.05) is 28.0 Å². The first kappa shape index (κ1) is 32.7. The molecular weight excluding hydrogens is 645 g/mol. The number of ether oxygens (including phenoxy) is 2. The van der Waals surface area contributed by atoms with Crippen molar-refractivity contribution in [2.24, 2.45) is 0 Å². The van der Waals surface area contributed by atoms with Crippen LogP contribution in [0, 0.1) is 0 Å². The number of aromatic nitrogens is 4. The highest BCUT2D eigenvalue weighted by Gasteiger charge is 2.19. The van der Waals surface area contributed by atoms with Gasteiger partial charge in [0.25, 0.3) is 0 Å². The lowest BCUT2D eigenvalue weighted by Gasteiger charge is -2.06. The fourth-order valence-electron chi connectivity index (χ4n) is 5.45. The van der Waals surface area contributed by atoms with Crippen molar-refractivity contribution >= 4 is 23.5 Å². The first-order valence-corrected chi connectivity index (χ1v) is 18.2. The quantitative estimate of drug-likeness (QED) is 0.140. The maximum atomic E-state index is 5.50. The van der Waals surface area contributed by atoms with Crippen molar-refractivity contribution < 1.29 is 9.47 Å². The van der Waals surface area contributed by atoms with Crippen LogP contribution in [0.4, 0.5) is 0 Å². The number of hydrogen-bond donors (Lipinski definition) is 2. The first-order chi connectivity index (χ1) is 24.3. The third-order valence-corrected chi connectivity index (χ3v) is 9.70. The molecule has 0 spiro atoms. The second kappa shape index (κ2) is 16.5. The standard InChI is InChI=1S/C22H18N2S.C19H18N2O2S/c1-4-10-17(11-5-1)16-25-22-23-20(18-12-6-2-7-13-18)21(24-22)19-14-8-3-9-15-19;1-3-7-14(8-4-1)17-18(15-9-5-2-6-10-15)21-19(20-17)24-13-16-22-11-12-23-16/h1-15H,16H2,(H,23,24);1-10,16H,11-13H2,(H,20,21). The van der Waals surface area contributed by atoms with Gasteiger partial charge in [-0.05, 0) is 5.56 Å². The van der Waals surface area contributed by atoms with E-state index in [1.165, 1.54) is 5.56 Å². The van der Waals surface area contributed by atoms with E-state index in [1.807, 2.05) is 54.6 Å². The molecular formula is C41H36N4O2S2. The second-order valence-electron chi connectivity index (χ2n) is 11.3. The van der Waals surface area contributed by atoms with Gasteiger partial charge in [-0.25, -0.2) is 9.97 Å². The van der Waals surface area contributed by atoms with Crippen LogP contribution in [0.2, 0.25) is 0 Å². The van der Waals surface area contributed by atoms with E-state index in [2.05, 4.69) is 107 Å². The summed E-state index contributed by atoms with van der Waals surface area (Å²) in [6, 6.07) is 51.7. The SMILES string of the molecule is c1ccc(-c2nc(SCC3OCCO3)[nH]c2-c2ccccc2)cc1.c1ccc(CSc2nc(-c3ccccc3)c(-c3ccccc3)[nH]2)cc1. The number of nitrogens with zero attached hydrogens (tertiary/aromatic N) is 2. The number of aromatic amines is 2. The highest BCUT2D eigenvalue weighted by Crippen LogP contribution is 2.34. The van der Waals surface area contributed by atoms with Gasteiger partial charge < -0.3 is 19.4 Å². The molecule has 0 aliphatic carbocycles. The maximum Gasteiger partial charge on any atom is 0.167 e. The van der Waals surface area contributed by atoms with Gasteiger partial charge in [-0.15, -0.1) is 0 Å².